The molecule has 0 aliphatic carbocycles. The Bertz CT molecular complexity index is 1000. The predicted octanol–water partition coefficient (Wildman–Crippen LogP) is 3.84. The Balaban J connectivity index is 1.85. The second kappa shape index (κ2) is 9.24. The third-order valence-electron chi connectivity index (χ3n) is 4.90. The number of hydrogen-bond acceptors (Lipinski definition) is 3. The van der Waals surface area contributed by atoms with E-state index in [0.717, 1.165) is 23.6 Å². The monoisotopic (exact) mass is 390 g/mol. The quantitative estimate of drug-likeness (QED) is 0.613. The first-order valence-electron chi connectivity index (χ1n) is 9.78. The van der Waals surface area contributed by atoms with E-state index in [1.54, 1.807) is 13.0 Å². The van der Waals surface area contributed by atoms with Crippen molar-refractivity contribution in [3.63, 3.8) is 0 Å². The summed E-state index contributed by atoms with van der Waals surface area (Å²) in [5.74, 6) is -0.442. The Labute approximate surface area is 170 Å². The Morgan fingerprint density at radius 2 is 1.66 bits per heavy atom. The maximum Gasteiger partial charge on any atom is 0.255 e. The summed E-state index contributed by atoms with van der Waals surface area (Å²) in [6, 6.07) is 20.8. The van der Waals surface area contributed by atoms with Crippen LogP contribution in [0, 0.1) is 0 Å². The summed E-state index contributed by atoms with van der Waals surface area (Å²) in [6.07, 6.45) is 1.60. The zero-order valence-corrected chi connectivity index (χ0v) is 16.7. The van der Waals surface area contributed by atoms with Crippen LogP contribution in [0.4, 0.5) is 0 Å². The van der Waals surface area contributed by atoms with E-state index in [1.807, 2.05) is 55.5 Å². The third-order valence-corrected chi connectivity index (χ3v) is 4.90. The van der Waals surface area contributed by atoms with E-state index in [9.17, 15) is 9.59 Å². The molecule has 3 N–H and O–H groups in total. The van der Waals surface area contributed by atoms with Crippen molar-refractivity contribution in [1.29, 1.82) is 0 Å². The maximum absolute atomic E-state index is 12.8. The number of fused-ring (bicyclic) bond motifs is 1. The molecule has 0 saturated heterocycles. The maximum atomic E-state index is 12.8. The van der Waals surface area contributed by atoms with E-state index >= 15 is 0 Å². The van der Waals surface area contributed by atoms with Gasteiger partial charge in [-0.3, -0.25) is 9.59 Å². The predicted molar refractivity (Wildman–Crippen MR) is 115 cm³/mol. The van der Waals surface area contributed by atoms with Crippen LogP contribution in [0.15, 0.2) is 66.7 Å². The third kappa shape index (κ3) is 5.13. The molecule has 5 heteroatoms. The van der Waals surface area contributed by atoms with E-state index in [2.05, 4.69) is 17.4 Å². The van der Waals surface area contributed by atoms with Crippen LogP contribution in [-0.4, -0.2) is 24.0 Å². The number of hydrogen-bond donors (Lipinski definition) is 2. The molecular weight excluding hydrogens is 364 g/mol. The van der Waals surface area contributed by atoms with Gasteiger partial charge in [0.05, 0.1) is 11.7 Å². The number of nitrogens with one attached hydrogen (secondary N) is 1. The average molecular weight is 390 g/mol. The van der Waals surface area contributed by atoms with Crippen LogP contribution >= 0.6 is 0 Å². The fraction of sp³-hybridized carbons (Fsp3) is 0.250. The molecule has 2 amide bonds. The number of nitrogens with two attached hydrogens (primary N) is 1. The lowest BCUT2D eigenvalue weighted by atomic mass is 10.0. The first-order chi connectivity index (χ1) is 14.0. The van der Waals surface area contributed by atoms with Gasteiger partial charge in [0.2, 0.25) is 5.91 Å². The molecule has 5 nitrogen and oxygen atoms in total. The van der Waals surface area contributed by atoms with Gasteiger partial charge in [-0.1, -0.05) is 60.7 Å². The standard InChI is InChI=1S/C24H26N2O3/c1-16(12-13-18-8-4-3-5-9-18)29-22-20-11-7-6-10-19(20)14-15-21(22)24(28)26-17(2)23(25)27/h3-11,14-17H,12-13H2,1-2H3,(H2,25,27)(H,26,28). The molecule has 0 fully saturated rings. The Morgan fingerprint density at radius 1 is 0.966 bits per heavy atom. The normalized spacial score (nSPS) is 12.9. The van der Waals surface area contributed by atoms with E-state index in [1.165, 1.54) is 5.56 Å². The van der Waals surface area contributed by atoms with E-state index in [4.69, 9.17) is 10.5 Å². The largest absolute Gasteiger partial charge is 0.489 e. The van der Waals surface area contributed by atoms with Crippen molar-refractivity contribution in [2.24, 2.45) is 5.73 Å². The number of ether oxygens (including phenoxy) is 1. The van der Waals surface area contributed by atoms with Gasteiger partial charge in [-0.05, 0) is 43.7 Å². The van der Waals surface area contributed by atoms with Gasteiger partial charge in [0.1, 0.15) is 11.8 Å². The van der Waals surface area contributed by atoms with Gasteiger partial charge < -0.3 is 15.8 Å². The summed E-state index contributed by atoms with van der Waals surface area (Å²) in [5.41, 5.74) is 6.92. The SMILES string of the molecule is CC(CCc1ccccc1)Oc1c(C(=O)NC(C)C(N)=O)ccc2ccccc12. The molecule has 0 aromatic heterocycles. The lowest BCUT2D eigenvalue weighted by Gasteiger charge is -2.20. The van der Waals surface area contributed by atoms with Crippen molar-refractivity contribution in [1.82, 2.24) is 5.32 Å². The van der Waals surface area contributed by atoms with Gasteiger partial charge in [-0.15, -0.1) is 0 Å². The highest BCUT2D eigenvalue weighted by molar-refractivity contribution is 6.05. The van der Waals surface area contributed by atoms with Crippen LogP contribution in [0.5, 0.6) is 5.75 Å². The number of amides is 2. The molecule has 2 atom stereocenters. The first kappa shape index (κ1) is 20.4. The minimum atomic E-state index is -0.766. The molecule has 3 aromatic rings. The van der Waals surface area contributed by atoms with Crippen LogP contribution in [0.2, 0.25) is 0 Å². The molecule has 0 bridgehead atoms. The Hall–Kier alpha value is -3.34. The first-order valence-corrected chi connectivity index (χ1v) is 9.78. The van der Waals surface area contributed by atoms with Crippen molar-refractivity contribution >= 4 is 22.6 Å². The van der Waals surface area contributed by atoms with Crippen LogP contribution in [0.3, 0.4) is 0 Å². The van der Waals surface area contributed by atoms with Gasteiger partial charge in [0, 0.05) is 5.39 Å². The molecule has 0 spiro atoms. The van der Waals surface area contributed by atoms with E-state index in [0.29, 0.717) is 11.3 Å². The number of primary amides is 1. The second-order valence-electron chi connectivity index (χ2n) is 7.21. The highest BCUT2D eigenvalue weighted by Gasteiger charge is 2.20. The second-order valence-corrected chi connectivity index (χ2v) is 7.21. The van der Waals surface area contributed by atoms with Crippen molar-refractivity contribution < 1.29 is 14.3 Å². The summed E-state index contributed by atoms with van der Waals surface area (Å²) in [6.45, 7) is 3.56. The number of carbonyl (C=O) groups is 2. The highest BCUT2D eigenvalue weighted by Crippen LogP contribution is 2.31. The molecule has 3 aromatic carbocycles. The molecule has 0 aliphatic heterocycles. The summed E-state index contributed by atoms with van der Waals surface area (Å²) in [5, 5.41) is 4.48. The van der Waals surface area contributed by atoms with Gasteiger partial charge in [-0.2, -0.15) is 0 Å². The number of carbonyl (C=O) groups excluding carboxylic acids is 2. The van der Waals surface area contributed by atoms with Gasteiger partial charge >= 0.3 is 0 Å². The average Bonchev–Trinajstić information content (AvgIpc) is 2.73. The zero-order chi connectivity index (χ0) is 20.8. The van der Waals surface area contributed by atoms with Gasteiger partial charge in [0.25, 0.3) is 5.91 Å². The van der Waals surface area contributed by atoms with Gasteiger partial charge in [-0.25, -0.2) is 0 Å². The molecule has 2 unspecified atom stereocenters. The van der Waals surface area contributed by atoms with Crippen LogP contribution in [-0.2, 0) is 11.2 Å². The summed E-state index contributed by atoms with van der Waals surface area (Å²) >= 11 is 0. The number of rotatable bonds is 8. The molecule has 29 heavy (non-hydrogen) atoms. The minimum absolute atomic E-state index is 0.0962. The molecule has 150 valence electrons. The van der Waals surface area contributed by atoms with Crippen LogP contribution in [0.25, 0.3) is 10.8 Å². The lowest BCUT2D eigenvalue weighted by Crippen LogP contribution is -2.42. The minimum Gasteiger partial charge on any atom is -0.489 e. The van der Waals surface area contributed by atoms with Crippen molar-refractivity contribution in [3.05, 3.63) is 77.9 Å². The molecule has 0 aliphatic rings. The lowest BCUT2D eigenvalue weighted by molar-refractivity contribution is -0.119. The Morgan fingerprint density at radius 3 is 2.38 bits per heavy atom. The zero-order valence-electron chi connectivity index (χ0n) is 16.7. The molecule has 0 radical (unpaired) electrons. The molecule has 3 rings (SSSR count). The molecule has 0 saturated carbocycles. The Kier molecular flexibility index (Phi) is 6.50. The van der Waals surface area contributed by atoms with Gasteiger partial charge in [0.15, 0.2) is 0 Å². The van der Waals surface area contributed by atoms with E-state index < -0.39 is 11.9 Å². The fourth-order valence-corrected chi connectivity index (χ4v) is 3.17. The number of aryl methyl sites for hydroxylation is 1. The molecule has 0 heterocycles. The number of benzene rings is 3. The van der Waals surface area contributed by atoms with Crippen molar-refractivity contribution in [2.45, 2.75) is 38.8 Å². The fourth-order valence-electron chi connectivity index (χ4n) is 3.17. The smallest absolute Gasteiger partial charge is 0.255 e. The van der Waals surface area contributed by atoms with Crippen molar-refractivity contribution in [2.75, 3.05) is 0 Å². The van der Waals surface area contributed by atoms with Crippen molar-refractivity contribution in [3.8, 4) is 5.75 Å². The molecular formula is C24H26N2O3. The van der Waals surface area contributed by atoms with E-state index in [-0.39, 0.29) is 12.0 Å². The summed E-state index contributed by atoms with van der Waals surface area (Å²) < 4.78 is 6.27. The van der Waals surface area contributed by atoms with Crippen LogP contribution < -0.4 is 15.8 Å². The summed E-state index contributed by atoms with van der Waals surface area (Å²) in [4.78, 5) is 24.1. The topological polar surface area (TPSA) is 81.4 Å². The summed E-state index contributed by atoms with van der Waals surface area (Å²) in [7, 11) is 0. The highest BCUT2D eigenvalue weighted by atomic mass is 16.5. The van der Waals surface area contributed by atoms with Crippen LogP contribution in [0.1, 0.15) is 36.2 Å².